The van der Waals surface area contributed by atoms with E-state index in [-0.39, 0.29) is 0 Å². The molecule has 0 bridgehead atoms. The molecular weight excluding hydrogens is 562 g/mol. The molecule has 11 aromatic rings. The van der Waals surface area contributed by atoms with E-state index in [1.807, 2.05) is 12.1 Å². The van der Waals surface area contributed by atoms with Gasteiger partial charge in [-0.2, -0.15) is 0 Å². The molecule has 0 spiro atoms. The number of aromatic amines is 1. The third kappa shape index (κ3) is 3.12. The van der Waals surface area contributed by atoms with Crippen molar-refractivity contribution in [2.75, 3.05) is 0 Å². The number of rotatable bonds is 2. The normalized spacial score (nSPS) is 12.3. The number of benzene rings is 7. The maximum atomic E-state index is 6.18. The van der Waals surface area contributed by atoms with Gasteiger partial charge in [-0.15, -0.1) is 0 Å². The summed E-state index contributed by atoms with van der Waals surface area (Å²) in [6, 6.07) is 52.4. The fourth-order valence-electron chi connectivity index (χ4n) is 7.82. The van der Waals surface area contributed by atoms with Crippen LogP contribution in [0.1, 0.15) is 0 Å². The van der Waals surface area contributed by atoms with Crippen molar-refractivity contribution in [2.45, 2.75) is 0 Å². The Bertz CT molecular complexity index is 2980. The van der Waals surface area contributed by atoms with E-state index in [2.05, 4.69) is 148 Å². The van der Waals surface area contributed by atoms with Gasteiger partial charge in [0.1, 0.15) is 11.2 Å². The first-order chi connectivity index (χ1) is 22.8. The van der Waals surface area contributed by atoms with Gasteiger partial charge in [0.15, 0.2) is 0 Å². The van der Waals surface area contributed by atoms with Crippen molar-refractivity contribution in [1.29, 1.82) is 0 Å². The lowest BCUT2D eigenvalue weighted by molar-refractivity contribution is 0.669. The fourth-order valence-corrected chi connectivity index (χ4v) is 7.82. The Morgan fingerprint density at radius 3 is 1.59 bits per heavy atom. The minimum Gasteiger partial charge on any atom is -0.456 e. The lowest BCUT2D eigenvalue weighted by atomic mass is 10.1. The van der Waals surface area contributed by atoms with E-state index in [1.165, 1.54) is 54.4 Å². The van der Waals surface area contributed by atoms with Gasteiger partial charge in [-0.25, -0.2) is 0 Å². The number of furan rings is 1. The summed E-state index contributed by atoms with van der Waals surface area (Å²) in [5.41, 5.74) is 11.2. The Kier molecular flexibility index (Phi) is 4.55. The minimum absolute atomic E-state index is 0.905. The minimum atomic E-state index is 0.905. The van der Waals surface area contributed by atoms with E-state index in [0.717, 1.165) is 44.3 Å². The van der Waals surface area contributed by atoms with E-state index in [1.54, 1.807) is 0 Å². The van der Waals surface area contributed by atoms with Crippen molar-refractivity contribution in [2.24, 2.45) is 0 Å². The molecule has 0 radical (unpaired) electrons. The molecule has 0 atom stereocenters. The molecule has 46 heavy (non-hydrogen) atoms. The zero-order valence-electron chi connectivity index (χ0n) is 24.7. The molecule has 0 fully saturated rings. The molecule has 4 heteroatoms. The topological polar surface area (TPSA) is 38.8 Å². The van der Waals surface area contributed by atoms with Crippen LogP contribution in [0.4, 0.5) is 0 Å². The maximum Gasteiger partial charge on any atom is 0.135 e. The first kappa shape index (κ1) is 24.1. The van der Waals surface area contributed by atoms with Crippen molar-refractivity contribution < 1.29 is 4.42 Å². The quantitative estimate of drug-likeness (QED) is 0.215. The summed E-state index contributed by atoms with van der Waals surface area (Å²) in [4.78, 5) is 3.74. The SMILES string of the molecule is c1ccc2c(c1)oc1ccc(-n3c4ccccc4c4cc5[nH]c6ccc(-n7c8ccccc8c8ccccc87)cc6c5cc43)cc12. The first-order valence-corrected chi connectivity index (χ1v) is 15.7. The lowest BCUT2D eigenvalue weighted by Gasteiger charge is -2.09. The summed E-state index contributed by atoms with van der Waals surface area (Å²) < 4.78 is 11.0. The van der Waals surface area contributed by atoms with Gasteiger partial charge < -0.3 is 18.5 Å². The highest BCUT2D eigenvalue weighted by Gasteiger charge is 2.18. The largest absolute Gasteiger partial charge is 0.456 e. The Morgan fingerprint density at radius 1 is 0.348 bits per heavy atom. The molecule has 7 aromatic carbocycles. The molecule has 4 aromatic heterocycles. The Labute approximate surface area is 262 Å². The van der Waals surface area contributed by atoms with Gasteiger partial charge in [0.05, 0.1) is 22.1 Å². The van der Waals surface area contributed by atoms with Crippen molar-refractivity contribution in [3.8, 4) is 11.4 Å². The molecule has 4 nitrogen and oxygen atoms in total. The molecule has 0 amide bonds. The van der Waals surface area contributed by atoms with Crippen molar-refractivity contribution in [3.63, 3.8) is 0 Å². The maximum absolute atomic E-state index is 6.18. The zero-order valence-corrected chi connectivity index (χ0v) is 24.7. The van der Waals surface area contributed by atoms with Crippen molar-refractivity contribution in [3.05, 3.63) is 146 Å². The summed E-state index contributed by atoms with van der Waals surface area (Å²) in [5, 5.41) is 9.69. The van der Waals surface area contributed by atoms with E-state index < -0.39 is 0 Å². The van der Waals surface area contributed by atoms with Crippen LogP contribution in [-0.4, -0.2) is 14.1 Å². The highest BCUT2D eigenvalue weighted by atomic mass is 16.3. The molecule has 214 valence electrons. The van der Waals surface area contributed by atoms with Gasteiger partial charge in [-0.3, -0.25) is 0 Å². The Balaban J connectivity index is 1.20. The van der Waals surface area contributed by atoms with Crippen LogP contribution in [0, 0.1) is 0 Å². The summed E-state index contributed by atoms with van der Waals surface area (Å²) in [5.74, 6) is 0. The highest BCUT2D eigenvalue weighted by molar-refractivity contribution is 6.19. The first-order valence-electron chi connectivity index (χ1n) is 15.7. The monoisotopic (exact) mass is 587 g/mol. The predicted octanol–water partition coefficient (Wildman–Crippen LogP) is 11.4. The number of fused-ring (bicyclic) bond motifs is 12. The number of hydrogen-bond acceptors (Lipinski definition) is 1. The van der Waals surface area contributed by atoms with Gasteiger partial charge >= 0.3 is 0 Å². The average Bonchev–Trinajstić information content (AvgIpc) is 3.84. The van der Waals surface area contributed by atoms with Crippen LogP contribution in [-0.2, 0) is 0 Å². The number of nitrogens with one attached hydrogen (secondary N) is 1. The fraction of sp³-hybridized carbons (Fsp3) is 0. The second-order valence-electron chi connectivity index (χ2n) is 12.3. The van der Waals surface area contributed by atoms with Gasteiger partial charge in [0, 0.05) is 65.5 Å². The summed E-state index contributed by atoms with van der Waals surface area (Å²) in [6.45, 7) is 0. The molecule has 0 saturated carbocycles. The lowest BCUT2D eigenvalue weighted by Crippen LogP contribution is -1.93. The smallest absolute Gasteiger partial charge is 0.135 e. The average molecular weight is 588 g/mol. The molecule has 0 saturated heterocycles. The van der Waals surface area contributed by atoms with Gasteiger partial charge in [-0.1, -0.05) is 72.8 Å². The van der Waals surface area contributed by atoms with Crippen LogP contribution in [0.5, 0.6) is 0 Å². The van der Waals surface area contributed by atoms with Gasteiger partial charge in [0.2, 0.25) is 0 Å². The molecule has 0 aliphatic heterocycles. The second-order valence-corrected chi connectivity index (χ2v) is 12.3. The zero-order chi connectivity index (χ0) is 29.9. The molecular formula is C42H25N3O. The van der Waals surface area contributed by atoms with Crippen LogP contribution >= 0.6 is 0 Å². The molecule has 0 aliphatic carbocycles. The van der Waals surface area contributed by atoms with Gasteiger partial charge in [-0.05, 0) is 72.8 Å². The number of para-hydroxylation sites is 4. The van der Waals surface area contributed by atoms with Crippen LogP contribution in [0.3, 0.4) is 0 Å². The third-order valence-corrected chi connectivity index (χ3v) is 9.83. The van der Waals surface area contributed by atoms with Crippen LogP contribution in [0.25, 0.3) is 98.7 Å². The van der Waals surface area contributed by atoms with E-state index >= 15 is 0 Å². The number of hydrogen-bond donors (Lipinski definition) is 1. The van der Waals surface area contributed by atoms with Crippen LogP contribution in [0.2, 0.25) is 0 Å². The number of aromatic nitrogens is 3. The number of nitrogens with zero attached hydrogens (tertiary/aromatic N) is 2. The van der Waals surface area contributed by atoms with E-state index in [9.17, 15) is 0 Å². The summed E-state index contributed by atoms with van der Waals surface area (Å²) in [6.07, 6.45) is 0. The third-order valence-electron chi connectivity index (χ3n) is 9.83. The van der Waals surface area contributed by atoms with E-state index in [0.29, 0.717) is 0 Å². The standard InChI is InChI=1S/C42H25N3O/c1-5-13-37-27(9-1)28-10-2-6-14-38(28)44(37)25-17-19-35-31(21-25)32-24-40-33(23-36(32)43-35)29-11-3-7-15-39(29)45(40)26-18-20-42-34(22-26)30-12-4-8-16-41(30)46-42/h1-24,43H. The van der Waals surface area contributed by atoms with Crippen molar-refractivity contribution in [1.82, 2.24) is 14.1 Å². The molecule has 0 aliphatic rings. The highest BCUT2D eigenvalue weighted by Crippen LogP contribution is 2.40. The van der Waals surface area contributed by atoms with E-state index in [4.69, 9.17) is 4.42 Å². The van der Waals surface area contributed by atoms with Crippen LogP contribution < -0.4 is 0 Å². The molecule has 4 heterocycles. The van der Waals surface area contributed by atoms with Crippen LogP contribution in [0.15, 0.2) is 150 Å². The molecule has 0 unspecified atom stereocenters. The summed E-state index contributed by atoms with van der Waals surface area (Å²) >= 11 is 0. The Hall–Kier alpha value is -6.26. The molecule has 1 N–H and O–H groups in total. The Morgan fingerprint density at radius 2 is 0.870 bits per heavy atom. The number of H-pyrrole nitrogens is 1. The van der Waals surface area contributed by atoms with Gasteiger partial charge in [0.25, 0.3) is 0 Å². The molecule has 11 rings (SSSR count). The van der Waals surface area contributed by atoms with Crippen molar-refractivity contribution >= 4 is 87.4 Å². The summed E-state index contributed by atoms with van der Waals surface area (Å²) in [7, 11) is 0. The predicted molar refractivity (Wildman–Crippen MR) is 192 cm³/mol. The second kappa shape index (κ2) is 8.68.